The lowest BCUT2D eigenvalue weighted by Crippen LogP contribution is -2.44. The number of allylic oxidation sites excluding steroid dienone is 2. The smallest absolute Gasteiger partial charge is 0.262 e. The van der Waals surface area contributed by atoms with Gasteiger partial charge in [0.25, 0.3) is 5.56 Å². The van der Waals surface area contributed by atoms with Gasteiger partial charge >= 0.3 is 0 Å². The molecular weight excluding hydrogens is 398 g/mol. The summed E-state index contributed by atoms with van der Waals surface area (Å²) < 4.78 is 7.13. The molecule has 30 heavy (non-hydrogen) atoms. The average Bonchev–Trinajstić information content (AvgIpc) is 2.79. The van der Waals surface area contributed by atoms with E-state index in [-0.39, 0.29) is 16.7 Å². The maximum Gasteiger partial charge on any atom is 0.262 e. The molecule has 1 aromatic carbocycles. The van der Waals surface area contributed by atoms with Gasteiger partial charge in [0.1, 0.15) is 0 Å². The number of thioether (sulfide) groups is 1. The number of rotatable bonds is 6. The second-order valence-electron chi connectivity index (χ2n) is 7.92. The van der Waals surface area contributed by atoms with Crippen molar-refractivity contribution in [2.45, 2.75) is 56.0 Å². The quantitative estimate of drug-likeness (QED) is 0.400. The predicted octanol–water partition coefficient (Wildman–Crippen LogP) is 3.63. The Morgan fingerprint density at radius 1 is 1.23 bits per heavy atom. The fourth-order valence-electron chi connectivity index (χ4n) is 4.07. The van der Waals surface area contributed by atoms with E-state index < -0.39 is 0 Å². The molecule has 1 atom stereocenters. The lowest BCUT2D eigenvalue weighted by Gasteiger charge is -2.29. The lowest BCUT2D eigenvalue weighted by molar-refractivity contribution is -0.134. The van der Waals surface area contributed by atoms with Gasteiger partial charge in [0, 0.05) is 19.6 Å². The van der Waals surface area contributed by atoms with Gasteiger partial charge in [-0.3, -0.25) is 14.2 Å². The second kappa shape index (κ2) is 9.79. The van der Waals surface area contributed by atoms with Crippen molar-refractivity contribution in [2.24, 2.45) is 0 Å². The lowest BCUT2D eigenvalue weighted by atomic mass is 9.97. The number of aromatic nitrogens is 2. The zero-order valence-corrected chi connectivity index (χ0v) is 18.3. The number of hydrogen-bond acceptors (Lipinski definition) is 5. The van der Waals surface area contributed by atoms with Crippen LogP contribution in [0.4, 0.5) is 0 Å². The van der Waals surface area contributed by atoms with Crippen LogP contribution in [0.1, 0.15) is 39.0 Å². The zero-order valence-electron chi connectivity index (χ0n) is 17.5. The molecule has 0 spiro atoms. The maximum atomic E-state index is 13.3. The number of amides is 1. The van der Waals surface area contributed by atoms with Gasteiger partial charge in [0.2, 0.25) is 5.91 Å². The van der Waals surface area contributed by atoms with Gasteiger partial charge in [-0.25, -0.2) is 4.98 Å². The molecule has 0 bridgehead atoms. The van der Waals surface area contributed by atoms with Crippen molar-refractivity contribution in [3.8, 4) is 0 Å². The third-order valence-corrected chi connectivity index (χ3v) is 6.90. The summed E-state index contributed by atoms with van der Waals surface area (Å²) in [6.07, 6.45) is 7.91. The predicted molar refractivity (Wildman–Crippen MR) is 120 cm³/mol. The molecule has 0 saturated carbocycles. The van der Waals surface area contributed by atoms with Crippen LogP contribution in [0, 0.1) is 0 Å². The Labute approximate surface area is 181 Å². The number of nitrogens with zero attached hydrogens (tertiary/aromatic N) is 3. The van der Waals surface area contributed by atoms with Crippen molar-refractivity contribution in [3.05, 3.63) is 46.3 Å². The van der Waals surface area contributed by atoms with Crippen molar-refractivity contribution >= 4 is 28.6 Å². The Morgan fingerprint density at radius 2 is 2.03 bits per heavy atom. The molecule has 1 fully saturated rings. The summed E-state index contributed by atoms with van der Waals surface area (Å²) in [5.41, 5.74) is 2.09. The SMILES string of the molecule is CC(Sc1nc2ccccc2c(=O)n1CCC1=CCCCC1)C(=O)N1CCOCC1. The molecule has 0 radical (unpaired) electrons. The van der Waals surface area contributed by atoms with Crippen molar-refractivity contribution in [3.63, 3.8) is 0 Å². The number of hydrogen-bond donors (Lipinski definition) is 0. The molecule has 1 saturated heterocycles. The van der Waals surface area contributed by atoms with Crippen molar-refractivity contribution in [1.29, 1.82) is 0 Å². The minimum Gasteiger partial charge on any atom is -0.378 e. The van der Waals surface area contributed by atoms with Gasteiger partial charge in [0.15, 0.2) is 5.16 Å². The van der Waals surface area contributed by atoms with Crippen molar-refractivity contribution in [1.82, 2.24) is 14.5 Å². The number of carbonyl (C=O) groups excluding carboxylic acids is 1. The summed E-state index contributed by atoms with van der Waals surface area (Å²) in [4.78, 5) is 32.8. The summed E-state index contributed by atoms with van der Waals surface area (Å²) in [5, 5.41) is 0.951. The molecule has 1 aliphatic carbocycles. The van der Waals surface area contributed by atoms with Gasteiger partial charge in [-0.05, 0) is 51.2 Å². The van der Waals surface area contributed by atoms with Crippen LogP contribution >= 0.6 is 11.8 Å². The number of benzene rings is 1. The maximum absolute atomic E-state index is 13.3. The Morgan fingerprint density at radius 3 is 2.80 bits per heavy atom. The molecule has 4 rings (SSSR count). The van der Waals surface area contributed by atoms with Crippen LogP contribution in [0.3, 0.4) is 0 Å². The fraction of sp³-hybridized carbons (Fsp3) is 0.522. The first-order valence-corrected chi connectivity index (χ1v) is 11.7. The van der Waals surface area contributed by atoms with Crippen LogP contribution in [0.5, 0.6) is 0 Å². The summed E-state index contributed by atoms with van der Waals surface area (Å²) in [7, 11) is 0. The highest BCUT2D eigenvalue weighted by molar-refractivity contribution is 8.00. The van der Waals surface area contributed by atoms with E-state index >= 15 is 0 Å². The zero-order chi connectivity index (χ0) is 20.9. The van der Waals surface area contributed by atoms with E-state index in [0.717, 1.165) is 19.3 Å². The third-order valence-electron chi connectivity index (χ3n) is 5.82. The molecule has 2 aliphatic rings. The van der Waals surface area contributed by atoms with Gasteiger partial charge < -0.3 is 9.64 Å². The molecule has 1 unspecified atom stereocenters. The molecule has 6 nitrogen and oxygen atoms in total. The summed E-state index contributed by atoms with van der Waals surface area (Å²) in [5.74, 6) is 0.0762. The number of ether oxygens (including phenoxy) is 1. The minimum atomic E-state index is -0.309. The van der Waals surface area contributed by atoms with E-state index in [9.17, 15) is 9.59 Å². The van der Waals surface area contributed by atoms with Crippen LogP contribution < -0.4 is 5.56 Å². The Balaban J connectivity index is 1.60. The molecular formula is C23H29N3O3S. The highest BCUT2D eigenvalue weighted by Gasteiger charge is 2.25. The van der Waals surface area contributed by atoms with Crippen molar-refractivity contribution < 1.29 is 9.53 Å². The van der Waals surface area contributed by atoms with Gasteiger partial charge in [-0.1, -0.05) is 35.5 Å². The largest absolute Gasteiger partial charge is 0.378 e. The summed E-state index contributed by atoms with van der Waals surface area (Å²) >= 11 is 1.39. The van der Waals surface area contributed by atoms with Crippen LogP contribution in [0.25, 0.3) is 10.9 Å². The highest BCUT2D eigenvalue weighted by atomic mass is 32.2. The van der Waals surface area contributed by atoms with Gasteiger partial charge in [-0.15, -0.1) is 0 Å². The average molecular weight is 428 g/mol. The minimum absolute atomic E-state index is 0.0227. The molecule has 1 aromatic heterocycles. The molecule has 1 amide bonds. The standard InChI is InChI=1S/C23H29N3O3S/c1-17(21(27)25-13-15-29-16-14-25)30-23-24-20-10-6-5-9-19(20)22(28)26(23)12-11-18-7-3-2-4-8-18/h5-7,9-10,17H,2-4,8,11-16H2,1H3. The normalized spacial score (nSPS) is 18.3. The van der Waals surface area contributed by atoms with E-state index in [2.05, 4.69) is 6.08 Å². The highest BCUT2D eigenvalue weighted by Crippen LogP contribution is 2.26. The second-order valence-corrected chi connectivity index (χ2v) is 9.23. The molecule has 2 heterocycles. The fourth-order valence-corrected chi connectivity index (χ4v) is 5.09. The topological polar surface area (TPSA) is 64.4 Å². The van der Waals surface area contributed by atoms with Gasteiger partial charge in [0.05, 0.1) is 29.4 Å². The molecule has 0 N–H and O–H groups in total. The Bertz CT molecular complexity index is 995. The molecule has 1 aliphatic heterocycles. The van der Waals surface area contributed by atoms with Gasteiger partial charge in [-0.2, -0.15) is 0 Å². The summed E-state index contributed by atoms with van der Waals surface area (Å²) in [6.45, 7) is 4.90. The summed E-state index contributed by atoms with van der Waals surface area (Å²) in [6, 6.07) is 7.46. The first-order valence-electron chi connectivity index (χ1n) is 10.8. The van der Waals surface area contributed by atoms with Crippen LogP contribution in [0.15, 0.2) is 45.9 Å². The van der Waals surface area contributed by atoms with E-state index in [1.165, 1.54) is 30.2 Å². The van der Waals surface area contributed by atoms with Crippen LogP contribution in [-0.2, 0) is 16.1 Å². The van der Waals surface area contributed by atoms with Crippen molar-refractivity contribution in [2.75, 3.05) is 26.3 Å². The first-order chi connectivity index (χ1) is 14.6. The number of fused-ring (bicyclic) bond motifs is 1. The Kier molecular flexibility index (Phi) is 6.89. The third kappa shape index (κ3) is 4.78. The molecule has 7 heteroatoms. The monoisotopic (exact) mass is 427 g/mol. The van der Waals surface area contributed by atoms with E-state index in [1.54, 1.807) is 4.57 Å². The first kappa shape index (κ1) is 21.1. The number of morpholine rings is 1. The van der Waals surface area contributed by atoms with E-state index in [4.69, 9.17) is 9.72 Å². The van der Waals surface area contributed by atoms with E-state index in [1.807, 2.05) is 36.1 Å². The number of para-hydroxylation sites is 1. The number of carbonyl (C=O) groups is 1. The Hall–Kier alpha value is -2.12. The van der Waals surface area contributed by atoms with E-state index in [0.29, 0.717) is 48.9 Å². The van der Waals surface area contributed by atoms with Crippen LogP contribution in [-0.4, -0.2) is 51.9 Å². The van der Waals surface area contributed by atoms with Crippen LogP contribution in [0.2, 0.25) is 0 Å². The molecule has 160 valence electrons. The molecule has 2 aromatic rings.